The standard InChI is InChI=1S/C13H18ClN3O/c1-4-18-9-13(2,3)8-17-12-7-10(14)5-6-11(12)15-16-17/h5-7H,4,8-9H2,1-3H3. The Morgan fingerprint density at radius 3 is 2.89 bits per heavy atom. The summed E-state index contributed by atoms with van der Waals surface area (Å²) in [6, 6.07) is 5.61. The second-order valence-corrected chi connectivity index (χ2v) is 5.62. The van der Waals surface area contributed by atoms with Crippen LogP contribution in [0.15, 0.2) is 18.2 Å². The summed E-state index contributed by atoms with van der Waals surface area (Å²) in [4.78, 5) is 0. The minimum Gasteiger partial charge on any atom is -0.381 e. The fraction of sp³-hybridized carbons (Fsp3) is 0.538. The smallest absolute Gasteiger partial charge is 0.113 e. The van der Waals surface area contributed by atoms with Gasteiger partial charge in [0.15, 0.2) is 0 Å². The Morgan fingerprint density at radius 2 is 2.17 bits per heavy atom. The van der Waals surface area contributed by atoms with Crippen molar-refractivity contribution < 1.29 is 4.74 Å². The Labute approximate surface area is 112 Å². The van der Waals surface area contributed by atoms with Crippen molar-refractivity contribution >= 4 is 22.6 Å². The van der Waals surface area contributed by atoms with E-state index in [0.29, 0.717) is 11.6 Å². The van der Waals surface area contributed by atoms with Gasteiger partial charge >= 0.3 is 0 Å². The molecule has 2 aromatic rings. The average molecular weight is 268 g/mol. The minimum atomic E-state index is 0.0129. The highest BCUT2D eigenvalue weighted by Gasteiger charge is 2.20. The number of nitrogens with zero attached hydrogens (tertiary/aromatic N) is 3. The zero-order chi connectivity index (χ0) is 13.2. The van der Waals surface area contributed by atoms with Gasteiger partial charge in [0.25, 0.3) is 0 Å². The molecule has 0 radical (unpaired) electrons. The average Bonchev–Trinajstić information content (AvgIpc) is 2.69. The molecule has 0 unspecified atom stereocenters. The number of fused-ring (bicyclic) bond motifs is 1. The Hall–Kier alpha value is -1.13. The molecular weight excluding hydrogens is 250 g/mol. The van der Waals surface area contributed by atoms with Gasteiger partial charge in [0.05, 0.1) is 18.7 Å². The van der Waals surface area contributed by atoms with Crippen LogP contribution in [0.1, 0.15) is 20.8 Å². The summed E-state index contributed by atoms with van der Waals surface area (Å²) in [5, 5.41) is 9.02. The molecule has 2 rings (SSSR count). The van der Waals surface area contributed by atoms with Crippen LogP contribution in [0, 0.1) is 5.41 Å². The summed E-state index contributed by atoms with van der Waals surface area (Å²) in [6.45, 7) is 8.49. The maximum absolute atomic E-state index is 6.01. The van der Waals surface area contributed by atoms with E-state index in [4.69, 9.17) is 16.3 Å². The van der Waals surface area contributed by atoms with Crippen molar-refractivity contribution in [3.63, 3.8) is 0 Å². The number of benzene rings is 1. The molecule has 4 nitrogen and oxygen atoms in total. The maximum atomic E-state index is 6.01. The van der Waals surface area contributed by atoms with E-state index >= 15 is 0 Å². The van der Waals surface area contributed by atoms with Gasteiger partial charge in [-0.1, -0.05) is 30.7 Å². The van der Waals surface area contributed by atoms with Gasteiger partial charge in [0.1, 0.15) is 5.52 Å². The molecule has 0 aliphatic heterocycles. The van der Waals surface area contributed by atoms with Crippen LogP contribution >= 0.6 is 11.6 Å². The van der Waals surface area contributed by atoms with Gasteiger partial charge in [0, 0.05) is 17.0 Å². The number of aromatic nitrogens is 3. The van der Waals surface area contributed by atoms with E-state index < -0.39 is 0 Å². The van der Waals surface area contributed by atoms with Gasteiger partial charge in [-0.25, -0.2) is 4.68 Å². The molecule has 0 amide bonds. The number of hydrogen-bond acceptors (Lipinski definition) is 3. The number of rotatable bonds is 5. The van der Waals surface area contributed by atoms with Crippen molar-refractivity contribution in [1.29, 1.82) is 0 Å². The SMILES string of the molecule is CCOCC(C)(C)Cn1nnc2ccc(Cl)cc21. The molecule has 98 valence electrons. The normalized spacial score (nSPS) is 12.2. The highest BCUT2D eigenvalue weighted by molar-refractivity contribution is 6.31. The summed E-state index contributed by atoms with van der Waals surface area (Å²) >= 11 is 6.01. The first-order chi connectivity index (χ1) is 8.52. The molecule has 0 fully saturated rings. The molecule has 5 heteroatoms. The van der Waals surface area contributed by atoms with Crippen LogP contribution in [0.4, 0.5) is 0 Å². The first-order valence-corrected chi connectivity index (χ1v) is 6.46. The van der Waals surface area contributed by atoms with Gasteiger partial charge in [-0.3, -0.25) is 0 Å². The van der Waals surface area contributed by atoms with Gasteiger partial charge in [0.2, 0.25) is 0 Å². The van der Waals surface area contributed by atoms with Gasteiger partial charge in [-0.2, -0.15) is 0 Å². The summed E-state index contributed by atoms with van der Waals surface area (Å²) in [7, 11) is 0. The minimum absolute atomic E-state index is 0.0129. The zero-order valence-corrected chi connectivity index (χ0v) is 11.7. The van der Waals surface area contributed by atoms with Gasteiger partial charge in [-0.05, 0) is 25.1 Å². The van der Waals surface area contributed by atoms with Crippen molar-refractivity contribution in [1.82, 2.24) is 15.0 Å². The molecule has 1 aromatic carbocycles. The summed E-state index contributed by atoms with van der Waals surface area (Å²) in [5.74, 6) is 0. The lowest BCUT2D eigenvalue weighted by Gasteiger charge is -2.24. The second kappa shape index (κ2) is 5.24. The van der Waals surface area contributed by atoms with E-state index in [1.807, 2.05) is 29.8 Å². The number of ether oxygens (including phenoxy) is 1. The second-order valence-electron chi connectivity index (χ2n) is 5.18. The van der Waals surface area contributed by atoms with E-state index in [2.05, 4.69) is 24.2 Å². The third-order valence-corrected chi connectivity index (χ3v) is 2.99. The molecule has 0 atom stereocenters. The van der Waals surface area contributed by atoms with E-state index in [1.54, 1.807) is 0 Å². The molecule has 0 aliphatic carbocycles. The van der Waals surface area contributed by atoms with E-state index in [9.17, 15) is 0 Å². The van der Waals surface area contributed by atoms with Crippen LogP contribution < -0.4 is 0 Å². The lowest BCUT2D eigenvalue weighted by atomic mass is 9.95. The van der Waals surface area contributed by atoms with Crippen LogP contribution in [-0.4, -0.2) is 28.2 Å². The molecule has 0 spiro atoms. The van der Waals surface area contributed by atoms with E-state index in [-0.39, 0.29) is 5.41 Å². The van der Waals surface area contributed by atoms with Crippen LogP contribution in [0.25, 0.3) is 11.0 Å². The van der Waals surface area contributed by atoms with Crippen molar-refractivity contribution in [3.8, 4) is 0 Å². The summed E-state index contributed by atoms with van der Waals surface area (Å²) in [5.41, 5.74) is 1.84. The van der Waals surface area contributed by atoms with Crippen molar-refractivity contribution in [2.75, 3.05) is 13.2 Å². The van der Waals surface area contributed by atoms with Crippen molar-refractivity contribution in [2.45, 2.75) is 27.3 Å². The van der Waals surface area contributed by atoms with Crippen molar-refractivity contribution in [3.05, 3.63) is 23.2 Å². The van der Waals surface area contributed by atoms with Crippen LogP contribution in [0.3, 0.4) is 0 Å². The van der Waals surface area contributed by atoms with Crippen molar-refractivity contribution in [2.24, 2.45) is 5.41 Å². The Morgan fingerprint density at radius 1 is 1.39 bits per heavy atom. The van der Waals surface area contributed by atoms with E-state index in [0.717, 1.165) is 24.2 Å². The lowest BCUT2D eigenvalue weighted by molar-refractivity contribution is 0.0594. The topological polar surface area (TPSA) is 39.9 Å². The van der Waals surface area contributed by atoms with Crippen LogP contribution in [0.5, 0.6) is 0 Å². The predicted octanol–water partition coefficient (Wildman–Crippen LogP) is 3.15. The third-order valence-electron chi connectivity index (χ3n) is 2.75. The fourth-order valence-electron chi connectivity index (χ4n) is 1.88. The summed E-state index contributed by atoms with van der Waals surface area (Å²) in [6.07, 6.45) is 0. The molecule has 0 N–H and O–H groups in total. The maximum Gasteiger partial charge on any atom is 0.113 e. The van der Waals surface area contributed by atoms with Gasteiger partial charge < -0.3 is 4.74 Å². The zero-order valence-electron chi connectivity index (χ0n) is 11.0. The largest absolute Gasteiger partial charge is 0.381 e. The molecule has 0 saturated carbocycles. The highest BCUT2D eigenvalue weighted by Crippen LogP contribution is 2.22. The molecule has 1 aromatic heterocycles. The van der Waals surface area contributed by atoms with Crippen LogP contribution in [-0.2, 0) is 11.3 Å². The van der Waals surface area contributed by atoms with E-state index in [1.165, 1.54) is 0 Å². The molecule has 0 aliphatic rings. The number of hydrogen-bond donors (Lipinski definition) is 0. The molecule has 0 saturated heterocycles. The highest BCUT2D eigenvalue weighted by atomic mass is 35.5. The Bertz CT molecular complexity index is 536. The molecule has 18 heavy (non-hydrogen) atoms. The molecular formula is C13H18ClN3O. The Balaban J connectivity index is 2.23. The molecule has 1 heterocycles. The number of halogens is 1. The predicted molar refractivity (Wildman–Crippen MR) is 72.8 cm³/mol. The fourth-order valence-corrected chi connectivity index (χ4v) is 2.05. The quantitative estimate of drug-likeness (QED) is 0.836. The monoisotopic (exact) mass is 267 g/mol. The Kier molecular flexibility index (Phi) is 3.88. The van der Waals surface area contributed by atoms with Crippen LogP contribution in [0.2, 0.25) is 5.02 Å². The first kappa shape index (κ1) is 13.3. The lowest BCUT2D eigenvalue weighted by Crippen LogP contribution is -2.26. The first-order valence-electron chi connectivity index (χ1n) is 6.08. The van der Waals surface area contributed by atoms with Gasteiger partial charge in [-0.15, -0.1) is 5.10 Å². The molecule has 0 bridgehead atoms. The summed E-state index contributed by atoms with van der Waals surface area (Å²) < 4.78 is 7.38. The third kappa shape index (κ3) is 3.00.